The van der Waals surface area contributed by atoms with E-state index in [9.17, 15) is 0 Å². The largest absolute Gasteiger partial charge is 0.315 e. The van der Waals surface area contributed by atoms with Crippen LogP contribution in [0.3, 0.4) is 0 Å². The van der Waals surface area contributed by atoms with E-state index in [0.717, 1.165) is 19.1 Å². The molecule has 0 aliphatic heterocycles. The topological polar surface area (TPSA) is 15.3 Å². The second kappa shape index (κ2) is 7.24. The summed E-state index contributed by atoms with van der Waals surface area (Å²) in [5.41, 5.74) is 0. The predicted molar refractivity (Wildman–Crippen MR) is 67.3 cm³/mol. The van der Waals surface area contributed by atoms with Gasteiger partial charge in [0.25, 0.3) is 0 Å². The lowest BCUT2D eigenvalue weighted by Crippen LogP contribution is -2.45. The van der Waals surface area contributed by atoms with Crippen molar-refractivity contribution in [3.05, 3.63) is 0 Å². The minimum absolute atomic E-state index is 0.699. The maximum Gasteiger partial charge on any atom is 0.0195 e. The van der Waals surface area contributed by atoms with E-state index in [-0.39, 0.29) is 0 Å². The monoisotopic (exact) mass is 212 g/mol. The highest BCUT2D eigenvalue weighted by Gasteiger charge is 2.24. The van der Waals surface area contributed by atoms with Crippen LogP contribution in [0.2, 0.25) is 0 Å². The summed E-state index contributed by atoms with van der Waals surface area (Å²) in [6.07, 6.45) is 6.97. The van der Waals surface area contributed by atoms with E-state index in [0.29, 0.717) is 6.04 Å². The molecule has 0 saturated heterocycles. The molecule has 0 aromatic heterocycles. The third kappa shape index (κ3) is 4.12. The molecule has 0 radical (unpaired) electrons. The normalized spacial score (nSPS) is 20.0. The Hall–Kier alpha value is -0.0800. The van der Waals surface area contributed by atoms with Crippen molar-refractivity contribution in [3.63, 3.8) is 0 Å². The van der Waals surface area contributed by atoms with Crippen LogP contribution in [0.1, 0.15) is 52.9 Å². The molecule has 90 valence electrons. The molecule has 1 aliphatic carbocycles. The summed E-state index contributed by atoms with van der Waals surface area (Å²) in [6, 6.07) is 1.57. The van der Waals surface area contributed by atoms with E-state index >= 15 is 0 Å². The van der Waals surface area contributed by atoms with Crippen molar-refractivity contribution in [2.45, 2.75) is 65.0 Å². The minimum atomic E-state index is 0.699. The number of hydrogen-bond donors (Lipinski definition) is 1. The summed E-state index contributed by atoms with van der Waals surface area (Å²) in [5, 5.41) is 3.53. The van der Waals surface area contributed by atoms with Crippen LogP contribution in [0, 0.1) is 0 Å². The van der Waals surface area contributed by atoms with Crippen LogP contribution in [-0.2, 0) is 0 Å². The third-order valence-electron chi connectivity index (χ3n) is 3.59. The molecule has 2 heteroatoms. The zero-order chi connectivity index (χ0) is 11.1. The zero-order valence-electron chi connectivity index (χ0n) is 10.8. The van der Waals surface area contributed by atoms with Gasteiger partial charge in [-0.3, -0.25) is 4.90 Å². The molecular weight excluding hydrogens is 184 g/mol. The van der Waals surface area contributed by atoms with Crippen molar-refractivity contribution >= 4 is 0 Å². The standard InChI is InChI=1S/C13H28N2/c1-4-10-14-11-12(3)15(5-2)13-8-6-7-9-13/h12-14H,4-11H2,1-3H3. The molecule has 2 nitrogen and oxygen atoms in total. The SMILES string of the molecule is CCCNCC(C)N(CC)C1CCCC1. The Morgan fingerprint density at radius 2 is 1.93 bits per heavy atom. The Morgan fingerprint density at radius 1 is 1.27 bits per heavy atom. The Bertz CT molecular complexity index is 153. The minimum Gasteiger partial charge on any atom is -0.315 e. The van der Waals surface area contributed by atoms with Crippen molar-refractivity contribution in [1.29, 1.82) is 0 Å². The molecule has 1 unspecified atom stereocenters. The quantitative estimate of drug-likeness (QED) is 0.653. The highest BCUT2D eigenvalue weighted by atomic mass is 15.2. The van der Waals surface area contributed by atoms with Gasteiger partial charge in [0, 0.05) is 18.6 Å². The van der Waals surface area contributed by atoms with Crippen molar-refractivity contribution in [3.8, 4) is 0 Å². The van der Waals surface area contributed by atoms with Crippen LogP contribution < -0.4 is 5.32 Å². The number of hydrogen-bond acceptors (Lipinski definition) is 2. The average molecular weight is 212 g/mol. The number of nitrogens with zero attached hydrogens (tertiary/aromatic N) is 1. The lowest BCUT2D eigenvalue weighted by atomic mass is 10.1. The van der Waals surface area contributed by atoms with Gasteiger partial charge in [-0.25, -0.2) is 0 Å². The van der Waals surface area contributed by atoms with Crippen LogP contribution in [0.25, 0.3) is 0 Å². The summed E-state index contributed by atoms with van der Waals surface area (Å²) in [4.78, 5) is 2.69. The average Bonchev–Trinajstić information content (AvgIpc) is 2.73. The molecule has 0 aromatic rings. The lowest BCUT2D eigenvalue weighted by molar-refractivity contribution is 0.151. The molecule has 0 amide bonds. The van der Waals surface area contributed by atoms with Gasteiger partial charge in [0.05, 0.1) is 0 Å². The molecule has 1 saturated carbocycles. The van der Waals surface area contributed by atoms with Gasteiger partial charge in [-0.1, -0.05) is 26.7 Å². The van der Waals surface area contributed by atoms with E-state index in [1.54, 1.807) is 0 Å². The van der Waals surface area contributed by atoms with Gasteiger partial charge in [0.2, 0.25) is 0 Å². The second-order valence-corrected chi connectivity index (χ2v) is 4.82. The van der Waals surface area contributed by atoms with Gasteiger partial charge in [-0.05, 0) is 39.3 Å². The predicted octanol–water partition coefficient (Wildman–Crippen LogP) is 2.64. The molecule has 0 heterocycles. The van der Waals surface area contributed by atoms with Gasteiger partial charge in [-0.2, -0.15) is 0 Å². The molecule has 1 N–H and O–H groups in total. The second-order valence-electron chi connectivity index (χ2n) is 4.82. The Kier molecular flexibility index (Phi) is 6.26. The Labute approximate surface area is 95.4 Å². The first-order valence-electron chi connectivity index (χ1n) is 6.76. The van der Waals surface area contributed by atoms with Gasteiger partial charge >= 0.3 is 0 Å². The van der Waals surface area contributed by atoms with Gasteiger partial charge in [0.15, 0.2) is 0 Å². The molecule has 1 fully saturated rings. The first kappa shape index (κ1) is 13.0. The number of likely N-dealkylation sites (N-methyl/N-ethyl adjacent to an activating group) is 1. The molecule has 15 heavy (non-hydrogen) atoms. The molecule has 0 bridgehead atoms. The molecule has 1 atom stereocenters. The molecule has 0 spiro atoms. The zero-order valence-corrected chi connectivity index (χ0v) is 10.8. The van der Waals surface area contributed by atoms with Crippen LogP contribution in [0.15, 0.2) is 0 Å². The smallest absolute Gasteiger partial charge is 0.0195 e. The fourth-order valence-electron chi connectivity index (χ4n) is 2.77. The van der Waals surface area contributed by atoms with Crippen molar-refractivity contribution in [2.75, 3.05) is 19.6 Å². The van der Waals surface area contributed by atoms with E-state index in [4.69, 9.17) is 0 Å². The van der Waals surface area contributed by atoms with Crippen LogP contribution >= 0.6 is 0 Å². The maximum atomic E-state index is 3.53. The summed E-state index contributed by atoms with van der Waals surface area (Å²) < 4.78 is 0. The van der Waals surface area contributed by atoms with Crippen molar-refractivity contribution in [1.82, 2.24) is 10.2 Å². The fraction of sp³-hybridized carbons (Fsp3) is 1.00. The van der Waals surface area contributed by atoms with E-state index < -0.39 is 0 Å². The maximum absolute atomic E-state index is 3.53. The van der Waals surface area contributed by atoms with E-state index in [1.165, 1.54) is 38.6 Å². The first-order valence-corrected chi connectivity index (χ1v) is 6.76. The van der Waals surface area contributed by atoms with Gasteiger partial charge < -0.3 is 5.32 Å². The van der Waals surface area contributed by atoms with Gasteiger partial charge in [0.1, 0.15) is 0 Å². The number of rotatable bonds is 7. The number of nitrogens with one attached hydrogen (secondary N) is 1. The van der Waals surface area contributed by atoms with Crippen LogP contribution in [0.5, 0.6) is 0 Å². The molecule has 1 rings (SSSR count). The molecular formula is C13H28N2. The highest BCUT2D eigenvalue weighted by Crippen LogP contribution is 2.24. The lowest BCUT2D eigenvalue weighted by Gasteiger charge is -2.33. The Morgan fingerprint density at radius 3 is 2.47 bits per heavy atom. The van der Waals surface area contributed by atoms with Gasteiger partial charge in [-0.15, -0.1) is 0 Å². The molecule has 1 aliphatic rings. The summed E-state index contributed by atoms with van der Waals surface area (Å²) >= 11 is 0. The van der Waals surface area contributed by atoms with E-state index in [1.807, 2.05) is 0 Å². The fourth-order valence-corrected chi connectivity index (χ4v) is 2.77. The van der Waals surface area contributed by atoms with E-state index in [2.05, 4.69) is 31.0 Å². The van der Waals surface area contributed by atoms with Crippen molar-refractivity contribution in [2.24, 2.45) is 0 Å². The Balaban J connectivity index is 2.28. The van der Waals surface area contributed by atoms with Crippen LogP contribution in [0.4, 0.5) is 0 Å². The molecule has 0 aromatic carbocycles. The summed E-state index contributed by atoms with van der Waals surface area (Å²) in [5.74, 6) is 0. The van der Waals surface area contributed by atoms with Crippen LogP contribution in [-0.4, -0.2) is 36.6 Å². The highest BCUT2D eigenvalue weighted by molar-refractivity contribution is 4.81. The van der Waals surface area contributed by atoms with Crippen molar-refractivity contribution < 1.29 is 0 Å². The first-order chi connectivity index (χ1) is 7.29. The summed E-state index contributed by atoms with van der Waals surface area (Å²) in [6.45, 7) is 10.4. The third-order valence-corrected chi connectivity index (χ3v) is 3.59. The summed E-state index contributed by atoms with van der Waals surface area (Å²) in [7, 11) is 0.